The molecule has 6 nitrogen and oxygen atoms in total. The van der Waals surface area contributed by atoms with E-state index in [1.54, 1.807) is 31.4 Å². The molecule has 0 bridgehead atoms. The molecule has 2 aliphatic rings. The second-order valence-electron chi connectivity index (χ2n) is 8.29. The zero-order valence-corrected chi connectivity index (χ0v) is 18.8. The van der Waals surface area contributed by atoms with Crippen molar-refractivity contribution in [3.8, 4) is 0 Å². The summed E-state index contributed by atoms with van der Waals surface area (Å²) in [5.41, 5.74) is 1.74. The average Bonchev–Trinajstić information content (AvgIpc) is 3.03. The maximum atomic E-state index is 13.3. The number of rotatable bonds is 6. The lowest BCUT2D eigenvalue weighted by atomic mass is 10.1. The zero-order valence-electron chi connectivity index (χ0n) is 17.9. The average molecular weight is 456 g/mol. The molecule has 0 saturated carbocycles. The van der Waals surface area contributed by atoms with Gasteiger partial charge in [0.05, 0.1) is 23.2 Å². The molecule has 1 fully saturated rings. The number of piperazine rings is 1. The molecule has 2 aliphatic heterocycles. The minimum Gasteiger partial charge on any atom is -0.378 e. The van der Waals surface area contributed by atoms with Crippen LogP contribution in [-0.4, -0.2) is 65.8 Å². The quantitative estimate of drug-likeness (QED) is 0.571. The minimum absolute atomic E-state index is 0.231. The van der Waals surface area contributed by atoms with Gasteiger partial charge in [0.2, 0.25) is 0 Å². The van der Waals surface area contributed by atoms with Crippen LogP contribution < -0.4 is 9.21 Å². The normalized spacial score (nSPS) is 18.9. The maximum Gasteiger partial charge on any atom is 0.265 e. The van der Waals surface area contributed by atoms with Crippen molar-refractivity contribution in [1.82, 2.24) is 4.90 Å². The van der Waals surface area contributed by atoms with Gasteiger partial charge < -0.3 is 9.64 Å². The minimum atomic E-state index is -3.60. The predicted octanol–water partition coefficient (Wildman–Crippen LogP) is 3.32. The van der Waals surface area contributed by atoms with Crippen LogP contribution in [0.2, 0.25) is 0 Å². The first-order valence-electron chi connectivity index (χ1n) is 10.8. The van der Waals surface area contributed by atoms with Crippen molar-refractivity contribution in [1.29, 1.82) is 0 Å². The molecule has 3 aromatic carbocycles. The largest absolute Gasteiger partial charge is 0.378 e. The third kappa shape index (κ3) is 3.72. The number of methoxy groups -OCH3 is 1. The van der Waals surface area contributed by atoms with E-state index in [-0.39, 0.29) is 18.5 Å². The predicted molar refractivity (Wildman–Crippen MR) is 124 cm³/mol. The van der Waals surface area contributed by atoms with E-state index in [0.717, 1.165) is 48.3 Å². The highest BCUT2D eigenvalue weighted by Gasteiger charge is 2.37. The topological polar surface area (TPSA) is 53.1 Å². The lowest BCUT2D eigenvalue weighted by Crippen LogP contribution is -2.50. The molecule has 1 atom stereocenters. The van der Waals surface area contributed by atoms with E-state index < -0.39 is 10.0 Å². The Labute approximate surface area is 187 Å². The Balaban J connectivity index is 1.27. The van der Waals surface area contributed by atoms with E-state index in [2.05, 4.69) is 9.80 Å². The van der Waals surface area contributed by atoms with Crippen molar-refractivity contribution < 1.29 is 17.5 Å². The molecular formula is C24H26FN3O3S. The molecule has 0 amide bonds. The van der Waals surface area contributed by atoms with Gasteiger partial charge in [-0.1, -0.05) is 24.3 Å². The van der Waals surface area contributed by atoms with Crippen LogP contribution in [0.5, 0.6) is 0 Å². The highest BCUT2D eigenvalue weighted by molar-refractivity contribution is 7.93. The van der Waals surface area contributed by atoms with Gasteiger partial charge in [0.15, 0.2) is 0 Å². The van der Waals surface area contributed by atoms with Crippen LogP contribution in [0.1, 0.15) is 0 Å². The van der Waals surface area contributed by atoms with Gasteiger partial charge in [-0.15, -0.1) is 0 Å². The number of anilines is 2. The molecule has 0 spiro atoms. The van der Waals surface area contributed by atoms with Crippen LogP contribution >= 0.6 is 0 Å². The SMILES string of the molecule is COC(CN1CCN(c2ccc(F)cc2)CC1)CN1c2cccc3cccc(c23)S1(=O)=O. The van der Waals surface area contributed by atoms with Gasteiger partial charge in [-0.05, 0) is 41.8 Å². The summed E-state index contributed by atoms with van der Waals surface area (Å²) in [4.78, 5) is 4.90. The van der Waals surface area contributed by atoms with Gasteiger partial charge in [-0.2, -0.15) is 0 Å². The Bertz CT molecular complexity index is 1220. The Kier molecular flexibility index (Phi) is 5.53. The summed E-state index contributed by atoms with van der Waals surface area (Å²) in [6.07, 6.45) is -0.258. The van der Waals surface area contributed by atoms with Crippen LogP contribution in [0, 0.1) is 5.82 Å². The fraction of sp³-hybridized carbons (Fsp3) is 0.333. The zero-order chi connectivity index (χ0) is 22.3. The van der Waals surface area contributed by atoms with Gasteiger partial charge in [-0.25, -0.2) is 12.8 Å². The maximum absolute atomic E-state index is 13.3. The summed E-state index contributed by atoms with van der Waals surface area (Å²) in [6.45, 7) is 4.24. The summed E-state index contributed by atoms with van der Waals surface area (Å²) < 4.78 is 46.9. The Morgan fingerprint density at radius 3 is 2.31 bits per heavy atom. The summed E-state index contributed by atoms with van der Waals surface area (Å²) in [5.74, 6) is -0.231. The van der Waals surface area contributed by atoms with Gasteiger partial charge in [0, 0.05) is 50.9 Å². The number of benzene rings is 3. The number of hydrogen-bond donors (Lipinski definition) is 0. The molecule has 1 unspecified atom stereocenters. The molecule has 168 valence electrons. The smallest absolute Gasteiger partial charge is 0.265 e. The van der Waals surface area contributed by atoms with Crippen molar-refractivity contribution in [2.24, 2.45) is 0 Å². The van der Waals surface area contributed by atoms with Gasteiger partial charge in [0.1, 0.15) is 5.82 Å². The van der Waals surface area contributed by atoms with Gasteiger partial charge in [-0.3, -0.25) is 9.21 Å². The summed E-state index contributed by atoms with van der Waals surface area (Å²) >= 11 is 0. The number of halogens is 1. The fourth-order valence-electron chi connectivity index (χ4n) is 4.68. The molecule has 0 aliphatic carbocycles. The standard InChI is InChI=1S/C24H26FN3O3S/c1-31-21(16-26-12-14-27(15-13-26)20-10-8-19(25)9-11-20)17-28-22-6-2-4-18-5-3-7-23(24(18)22)32(28,29)30/h2-11,21H,12-17H2,1H3. The molecule has 5 rings (SSSR count). The van der Waals surface area contributed by atoms with Crippen molar-refractivity contribution >= 4 is 32.2 Å². The lowest BCUT2D eigenvalue weighted by molar-refractivity contribution is 0.0687. The second-order valence-corrected chi connectivity index (χ2v) is 10.1. The van der Waals surface area contributed by atoms with Crippen LogP contribution in [-0.2, 0) is 14.8 Å². The summed E-state index contributed by atoms with van der Waals surface area (Å²) in [5, 5.41) is 1.72. The van der Waals surface area contributed by atoms with E-state index in [4.69, 9.17) is 4.74 Å². The molecule has 8 heteroatoms. The van der Waals surface area contributed by atoms with E-state index in [9.17, 15) is 12.8 Å². The third-order valence-electron chi connectivity index (χ3n) is 6.41. The molecule has 0 N–H and O–H groups in total. The molecule has 0 aromatic heterocycles. The fourth-order valence-corrected chi connectivity index (χ4v) is 6.42. The van der Waals surface area contributed by atoms with Crippen LogP contribution in [0.4, 0.5) is 15.8 Å². The van der Waals surface area contributed by atoms with E-state index in [0.29, 0.717) is 11.4 Å². The van der Waals surface area contributed by atoms with Crippen LogP contribution in [0.3, 0.4) is 0 Å². The lowest BCUT2D eigenvalue weighted by Gasteiger charge is -2.38. The Morgan fingerprint density at radius 1 is 0.938 bits per heavy atom. The molecular weight excluding hydrogens is 429 g/mol. The number of ether oxygens (including phenoxy) is 1. The first-order valence-corrected chi connectivity index (χ1v) is 12.2. The van der Waals surface area contributed by atoms with Crippen molar-refractivity contribution in [2.45, 2.75) is 11.0 Å². The van der Waals surface area contributed by atoms with Crippen LogP contribution in [0.15, 0.2) is 65.6 Å². The van der Waals surface area contributed by atoms with Gasteiger partial charge >= 0.3 is 0 Å². The van der Waals surface area contributed by atoms with Crippen molar-refractivity contribution in [2.75, 3.05) is 55.6 Å². The van der Waals surface area contributed by atoms with Gasteiger partial charge in [0.25, 0.3) is 10.0 Å². The highest BCUT2D eigenvalue weighted by Crippen LogP contribution is 2.42. The van der Waals surface area contributed by atoms with Crippen molar-refractivity contribution in [3.63, 3.8) is 0 Å². The number of hydrogen-bond acceptors (Lipinski definition) is 5. The summed E-state index contributed by atoms with van der Waals surface area (Å²) in [7, 11) is -1.96. The highest BCUT2D eigenvalue weighted by atomic mass is 32.2. The van der Waals surface area contributed by atoms with Crippen LogP contribution in [0.25, 0.3) is 10.8 Å². The summed E-state index contributed by atoms with van der Waals surface area (Å²) in [6, 6.07) is 17.7. The number of nitrogens with zero attached hydrogens (tertiary/aromatic N) is 3. The molecule has 32 heavy (non-hydrogen) atoms. The van der Waals surface area contributed by atoms with E-state index in [1.807, 2.05) is 24.3 Å². The number of sulfonamides is 1. The molecule has 2 heterocycles. The first-order chi connectivity index (χ1) is 15.5. The van der Waals surface area contributed by atoms with E-state index >= 15 is 0 Å². The van der Waals surface area contributed by atoms with Crippen molar-refractivity contribution in [3.05, 3.63) is 66.5 Å². The Morgan fingerprint density at radius 2 is 1.62 bits per heavy atom. The second kappa shape index (κ2) is 8.35. The molecule has 3 aromatic rings. The Hall–Kier alpha value is -2.68. The first kappa shape index (κ1) is 21.2. The third-order valence-corrected chi connectivity index (χ3v) is 8.23. The molecule has 0 radical (unpaired) electrons. The molecule has 1 saturated heterocycles. The van der Waals surface area contributed by atoms with E-state index in [1.165, 1.54) is 16.4 Å². The monoisotopic (exact) mass is 455 g/mol.